The van der Waals surface area contributed by atoms with Crippen LogP contribution in [-0.4, -0.2) is 45.2 Å². The van der Waals surface area contributed by atoms with Gasteiger partial charge in [-0.2, -0.15) is 0 Å². The number of nitrogens with one attached hydrogen (secondary N) is 1. The second-order valence-electron chi connectivity index (χ2n) is 4.94. The van der Waals surface area contributed by atoms with Crippen LogP contribution in [0.4, 0.5) is 0 Å². The molecule has 0 bridgehead atoms. The van der Waals surface area contributed by atoms with E-state index in [0.29, 0.717) is 5.92 Å². The molecule has 0 spiro atoms. The van der Waals surface area contributed by atoms with Crippen molar-refractivity contribution >= 4 is 0 Å². The van der Waals surface area contributed by atoms with E-state index in [1.54, 1.807) is 0 Å². The van der Waals surface area contributed by atoms with E-state index in [1.165, 1.54) is 0 Å². The van der Waals surface area contributed by atoms with Gasteiger partial charge in [-0.1, -0.05) is 25.1 Å². The molecule has 0 aliphatic heterocycles. The fourth-order valence-corrected chi connectivity index (χ4v) is 2.08. The van der Waals surface area contributed by atoms with Gasteiger partial charge in [0.25, 0.3) is 0 Å². The SMILES string of the molecule is CNCC(C)CN(C)CCCOc1ccccc1. The van der Waals surface area contributed by atoms with Crippen LogP contribution in [0.25, 0.3) is 0 Å². The molecule has 0 aliphatic carbocycles. The van der Waals surface area contributed by atoms with E-state index >= 15 is 0 Å². The van der Waals surface area contributed by atoms with E-state index in [4.69, 9.17) is 4.74 Å². The summed E-state index contributed by atoms with van der Waals surface area (Å²) in [7, 11) is 4.18. The fraction of sp³-hybridized carbons (Fsp3) is 0.600. The van der Waals surface area contributed by atoms with Crippen LogP contribution in [-0.2, 0) is 0 Å². The number of nitrogens with zero attached hydrogens (tertiary/aromatic N) is 1. The smallest absolute Gasteiger partial charge is 0.119 e. The average Bonchev–Trinajstić information content (AvgIpc) is 2.36. The first kappa shape index (κ1) is 15.0. The Morgan fingerprint density at radius 3 is 2.67 bits per heavy atom. The van der Waals surface area contributed by atoms with Gasteiger partial charge < -0.3 is 15.0 Å². The molecule has 3 heteroatoms. The van der Waals surface area contributed by atoms with E-state index in [-0.39, 0.29) is 0 Å². The minimum absolute atomic E-state index is 0.690. The summed E-state index contributed by atoms with van der Waals surface area (Å²) in [6.45, 7) is 6.35. The molecule has 0 aromatic heterocycles. The topological polar surface area (TPSA) is 24.5 Å². The molecule has 1 atom stereocenters. The Bertz CT molecular complexity index is 303. The predicted molar refractivity (Wildman–Crippen MR) is 77.1 cm³/mol. The predicted octanol–water partition coefficient (Wildman–Crippen LogP) is 2.24. The Morgan fingerprint density at radius 1 is 1.28 bits per heavy atom. The summed E-state index contributed by atoms with van der Waals surface area (Å²) in [6.07, 6.45) is 1.07. The number of ether oxygens (including phenoxy) is 1. The summed E-state index contributed by atoms with van der Waals surface area (Å²) >= 11 is 0. The molecule has 1 aromatic carbocycles. The van der Waals surface area contributed by atoms with Crippen molar-refractivity contribution < 1.29 is 4.74 Å². The van der Waals surface area contributed by atoms with Crippen molar-refractivity contribution in [2.24, 2.45) is 5.92 Å². The molecule has 102 valence electrons. The number of hydrogen-bond acceptors (Lipinski definition) is 3. The summed E-state index contributed by atoms with van der Waals surface area (Å²) in [6, 6.07) is 10.0. The van der Waals surface area contributed by atoms with Crippen molar-refractivity contribution in [1.82, 2.24) is 10.2 Å². The Morgan fingerprint density at radius 2 is 2.00 bits per heavy atom. The third-order valence-corrected chi connectivity index (χ3v) is 2.87. The zero-order valence-electron chi connectivity index (χ0n) is 11.9. The zero-order chi connectivity index (χ0) is 13.2. The first-order chi connectivity index (χ1) is 8.72. The first-order valence-electron chi connectivity index (χ1n) is 6.73. The molecule has 0 heterocycles. The van der Waals surface area contributed by atoms with Crippen LogP contribution in [0, 0.1) is 5.92 Å². The fourth-order valence-electron chi connectivity index (χ4n) is 2.08. The molecule has 0 amide bonds. The first-order valence-corrected chi connectivity index (χ1v) is 6.73. The molecule has 3 nitrogen and oxygen atoms in total. The summed E-state index contributed by atoms with van der Waals surface area (Å²) in [4.78, 5) is 2.37. The van der Waals surface area contributed by atoms with Crippen LogP contribution >= 0.6 is 0 Å². The lowest BCUT2D eigenvalue weighted by molar-refractivity contribution is 0.242. The standard InChI is InChI=1S/C15H26N2O/c1-14(12-16-2)13-17(3)10-7-11-18-15-8-5-4-6-9-15/h4-6,8-9,14,16H,7,10-13H2,1-3H3. The van der Waals surface area contributed by atoms with E-state index in [0.717, 1.165) is 38.4 Å². The van der Waals surface area contributed by atoms with Gasteiger partial charge in [-0.25, -0.2) is 0 Å². The summed E-state index contributed by atoms with van der Waals surface area (Å²) in [5.41, 5.74) is 0. The van der Waals surface area contributed by atoms with Gasteiger partial charge in [-0.3, -0.25) is 0 Å². The molecule has 0 aliphatic rings. The molecule has 0 saturated heterocycles. The molecule has 1 unspecified atom stereocenters. The summed E-state index contributed by atoms with van der Waals surface area (Å²) in [5, 5.41) is 3.21. The highest BCUT2D eigenvalue weighted by molar-refractivity contribution is 5.20. The van der Waals surface area contributed by atoms with Crippen molar-refractivity contribution in [3.8, 4) is 5.75 Å². The summed E-state index contributed by atoms with van der Waals surface area (Å²) in [5.74, 6) is 1.65. The Balaban J connectivity index is 2.07. The van der Waals surface area contributed by atoms with Crippen LogP contribution in [0.2, 0.25) is 0 Å². The van der Waals surface area contributed by atoms with Crippen molar-refractivity contribution in [2.75, 3.05) is 40.3 Å². The van der Waals surface area contributed by atoms with Crippen LogP contribution in [0.1, 0.15) is 13.3 Å². The maximum absolute atomic E-state index is 5.67. The molecule has 1 rings (SSSR count). The zero-order valence-corrected chi connectivity index (χ0v) is 11.9. The highest BCUT2D eigenvalue weighted by Gasteiger charge is 2.05. The van der Waals surface area contributed by atoms with Crippen LogP contribution in [0.3, 0.4) is 0 Å². The lowest BCUT2D eigenvalue weighted by Crippen LogP contribution is -2.30. The van der Waals surface area contributed by atoms with Crippen LogP contribution < -0.4 is 10.1 Å². The molecule has 1 aromatic rings. The third-order valence-electron chi connectivity index (χ3n) is 2.87. The Hall–Kier alpha value is -1.06. The number of rotatable bonds is 9. The minimum atomic E-state index is 0.690. The van der Waals surface area contributed by atoms with Crippen LogP contribution in [0.5, 0.6) is 5.75 Å². The minimum Gasteiger partial charge on any atom is -0.494 e. The van der Waals surface area contributed by atoms with Gasteiger partial charge in [0.15, 0.2) is 0 Å². The molecule has 18 heavy (non-hydrogen) atoms. The second-order valence-corrected chi connectivity index (χ2v) is 4.94. The number of hydrogen-bond donors (Lipinski definition) is 1. The van der Waals surface area contributed by atoms with Crippen molar-refractivity contribution in [3.05, 3.63) is 30.3 Å². The highest BCUT2D eigenvalue weighted by Crippen LogP contribution is 2.08. The molecular formula is C15H26N2O. The normalized spacial score (nSPS) is 12.7. The van der Waals surface area contributed by atoms with Crippen molar-refractivity contribution in [3.63, 3.8) is 0 Å². The molecular weight excluding hydrogens is 224 g/mol. The van der Waals surface area contributed by atoms with Gasteiger partial charge in [0, 0.05) is 13.1 Å². The van der Waals surface area contributed by atoms with Crippen molar-refractivity contribution in [2.45, 2.75) is 13.3 Å². The van der Waals surface area contributed by atoms with E-state index in [1.807, 2.05) is 37.4 Å². The highest BCUT2D eigenvalue weighted by atomic mass is 16.5. The average molecular weight is 250 g/mol. The number of benzene rings is 1. The van der Waals surface area contributed by atoms with Crippen LogP contribution in [0.15, 0.2) is 30.3 Å². The maximum Gasteiger partial charge on any atom is 0.119 e. The summed E-state index contributed by atoms with van der Waals surface area (Å²) < 4.78 is 5.67. The van der Waals surface area contributed by atoms with E-state index < -0.39 is 0 Å². The largest absolute Gasteiger partial charge is 0.494 e. The lowest BCUT2D eigenvalue weighted by Gasteiger charge is -2.21. The van der Waals surface area contributed by atoms with Gasteiger partial charge >= 0.3 is 0 Å². The van der Waals surface area contributed by atoms with Gasteiger partial charge in [0.1, 0.15) is 5.75 Å². The monoisotopic (exact) mass is 250 g/mol. The van der Waals surface area contributed by atoms with Gasteiger partial charge in [0.2, 0.25) is 0 Å². The quantitative estimate of drug-likeness (QED) is 0.680. The van der Waals surface area contributed by atoms with Gasteiger partial charge in [0.05, 0.1) is 6.61 Å². The Labute approximate surface area is 111 Å². The van der Waals surface area contributed by atoms with Gasteiger partial charge in [-0.15, -0.1) is 0 Å². The third kappa shape index (κ3) is 6.62. The van der Waals surface area contributed by atoms with Gasteiger partial charge in [-0.05, 0) is 45.1 Å². The van der Waals surface area contributed by atoms with E-state index in [2.05, 4.69) is 24.2 Å². The second kappa shape index (κ2) is 8.95. The molecule has 1 N–H and O–H groups in total. The molecule has 0 fully saturated rings. The van der Waals surface area contributed by atoms with Crippen molar-refractivity contribution in [1.29, 1.82) is 0 Å². The lowest BCUT2D eigenvalue weighted by atomic mass is 10.1. The maximum atomic E-state index is 5.67. The molecule has 0 radical (unpaired) electrons. The van der Waals surface area contributed by atoms with E-state index in [9.17, 15) is 0 Å². The number of para-hydroxylation sites is 1. The Kier molecular flexibility index (Phi) is 7.46. The molecule has 0 saturated carbocycles.